The van der Waals surface area contributed by atoms with Gasteiger partial charge in [0.25, 0.3) is 5.69 Å². The van der Waals surface area contributed by atoms with Crippen LogP contribution in [0.2, 0.25) is 0 Å². The summed E-state index contributed by atoms with van der Waals surface area (Å²) >= 11 is 0. The van der Waals surface area contributed by atoms with Crippen molar-refractivity contribution in [1.82, 2.24) is 4.90 Å². The highest BCUT2D eigenvalue weighted by atomic mass is 16.6. The van der Waals surface area contributed by atoms with Crippen LogP contribution in [-0.4, -0.2) is 41.2 Å². The molecule has 6 nitrogen and oxygen atoms in total. The van der Waals surface area contributed by atoms with Gasteiger partial charge in [-0.05, 0) is 19.4 Å². The first kappa shape index (κ1) is 15.4. The number of nitrogens with zero attached hydrogens (tertiary/aromatic N) is 2. The number of rotatable bonds is 7. The Morgan fingerprint density at radius 2 is 2.16 bits per heavy atom. The number of para-hydroxylation sites is 1. The Morgan fingerprint density at radius 1 is 1.47 bits per heavy atom. The van der Waals surface area contributed by atoms with E-state index in [1.54, 1.807) is 13.1 Å². The largest absolute Gasteiger partial charge is 0.395 e. The SMILES string of the molecule is CNc1c(CN(CCO)C(C)C)cccc1[N+](=O)[O-]. The molecular formula is C13H21N3O3. The molecule has 0 atom stereocenters. The third kappa shape index (κ3) is 3.90. The van der Waals surface area contributed by atoms with Gasteiger partial charge in [-0.25, -0.2) is 0 Å². The fourth-order valence-corrected chi connectivity index (χ4v) is 2.03. The van der Waals surface area contributed by atoms with E-state index in [4.69, 9.17) is 5.11 Å². The molecule has 0 aliphatic heterocycles. The highest BCUT2D eigenvalue weighted by molar-refractivity contribution is 5.66. The fourth-order valence-electron chi connectivity index (χ4n) is 2.03. The number of nitro groups is 1. The smallest absolute Gasteiger partial charge is 0.292 e. The van der Waals surface area contributed by atoms with Crippen molar-refractivity contribution in [2.45, 2.75) is 26.4 Å². The van der Waals surface area contributed by atoms with E-state index >= 15 is 0 Å². The molecule has 1 aromatic carbocycles. The van der Waals surface area contributed by atoms with Gasteiger partial charge in [-0.1, -0.05) is 12.1 Å². The predicted molar refractivity (Wildman–Crippen MR) is 75.3 cm³/mol. The molecule has 0 radical (unpaired) electrons. The van der Waals surface area contributed by atoms with Gasteiger partial charge in [0.15, 0.2) is 0 Å². The number of anilines is 1. The molecule has 1 aromatic rings. The minimum Gasteiger partial charge on any atom is -0.395 e. The summed E-state index contributed by atoms with van der Waals surface area (Å²) in [6.45, 7) is 5.25. The Bertz CT molecular complexity index is 435. The van der Waals surface area contributed by atoms with Crippen LogP contribution in [-0.2, 0) is 6.54 Å². The summed E-state index contributed by atoms with van der Waals surface area (Å²) in [6.07, 6.45) is 0. The molecule has 0 aliphatic rings. The lowest BCUT2D eigenvalue weighted by Crippen LogP contribution is -2.33. The van der Waals surface area contributed by atoms with Crippen molar-refractivity contribution in [3.8, 4) is 0 Å². The van der Waals surface area contributed by atoms with Crippen LogP contribution in [0.5, 0.6) is 0 Å². The number of nitrogens with one attached hydrogen (secondary N) is 1. The average molecular weight is 267 g/mol. The molecule has 1 rings (SSSR count). The Hall–Kier alpha value is -1.66. The van der Waals surface area contributed by atoms with Gasteiger partial charge in [0.2, 0.25) is 0 Å². The van der Waals surface area contributed by atoms with E-state index in [1.165, 1.54) is 6.07 Å². The maximum Gasteiger partial charge on any atom is 0.292 e. The molecule has 19 heavy (non-hydrogen) atoms. The maximum atomic E-state index is 11.0. The number of hydrogen-bond donors (Lipinski definition) is 2. The normalized spacial score (nSPS) is 11.1. The van der Waals surface area contributed by atoms with Crippen molar-refractivity contribution in [3.05, 3.63) is 33.9 Å². The van der Waals surface area contributed by atoms with Gasteiger partial charge in [0.1, 0.15) is 5.69 Å². The molecule has 0 fully saturated rings. The average Bonchev–Trinajstić information content (AvgIpc) is 2.37. The third-order valence-corrected chi connectivity index (χ3v) is 3.07. The lowest BCUT2D eigenvalue weighted by atomic mass is 10.1. The van der Waals surface area contributed by atoms with Crippen molar-refractivity contribution in [2.24, 2.45) is 0 Å². The third-order valence-electron chi connectivity index (χ3n) is 3.07. The van der Waals surface area contributed by atoms with E-state index in [-0.39, 0.29) is 23.3 Å². The molecule has 0 bridgehead atoms. The first-order valence-electron chi connectivity index (χ1n) is 6.30. The molecule has 0 aromatic heterocycles. The highest BCUT2D eigenvalue weighted by Crippen LogP contribution is 2.28. The van der Waals surface area contributed by atoms with Crippen molar-refractivity contribution in [1.29, 1.82) is 0 Å². The van der Waals surface area contributed by atoms with Crippen LogP contribution in [0.15, 0.2) is 18.2 Å². The lowest BCUT2D eigenvalue weighted by molar-refractivity contribution is -0.384. The van der Waals surface area contributed by atoms with Crippen molar-refractivity contribution >= 4 is 11.4 Å². The van der Waals surface area contributed by atoms with E-state index in [2.05, 4.69) is 10.2 Å². The van der Waals surface area contributed by atoms with Crippen molar-refractivity contribution in [2.75, 3.05) is 25.5 Å². The summed E-state index contributed by atoms with van der Waals surface area (Å²) in [6, 6.07) is 5.30. The second-order valence-corrected chi connectivity index (χ2v) is 4.61. The predicted octanol–water partition coefficient (Wildman–Crippen LogP) is 1.84. The van der Waals surface area contributed by atoms with Crippen LogP contribution in [0, 0.1) is 10.1 Å². The highest BCUT2D eigenvalue weighted by Gasteiger charge is 2.18. The molecule has 0 unspecified atom stereocenters. The zero-order valence-corrected chi connectivity index (χ0v) is 11.6. The van der Waals surface area contributed by atoms with Crippen molar-refractivity contribution < 1.29 is 10.0 Å². The number of nitro benzene ring substituents is 1. The molecule has 6 heteroatoms. The maximum absolute atomic E-state index is 11.0. The second-order valence-electron chi connectivity index (χ2n) is 4.61. The molecule has 0 amide bonds. The fraction of sp³-hybridized carbons (Fsp3) is 0.538. The summed E-state index contributed by atoms with van der Waals surface area (Å²) < 4.78 is 0. The van der Waals surface area contributed by atoms with Gasteiger partial charge in [-0.3, -0.25) is 15.0 Å². The Balaban J connectivity index is 3.05. The van der Waals surface area contributed by atoms with Crippen LogP contribution in [0.25, 0.3) is 0 Å². The molecule has 0 heterocycles. The monoisotopic (exact) mass is 267 g/mol. The van der Waals surface area contributed by atoms with Gasteiger partial charge in [0, 0.05) is 32.2 Å². The van der Waals surface area contributed by atoms with Gasteiger partial charge in [-0.2, -0.15) is 0 Å². The molecule has 0 aliphatic carbocycles. The number of benzene rings is 1. The molecule has 106 valence electrons. The summed E-state index contributed by atoms with van der Waals surface area (Å²) in [5.74, 6) is 0. The Morgan fingerprint density at radius 3 is 2.63 bits per heavy atom. The summed E-state index contributed by atoms with van der Waals surface area (Å²) in [7, 11) is 1.68. The number of hydrogen-bond acceptors (Lipinski definition) is 5. The number of aliphatic hydroxyl groups excluding tert-OH is 1. The molecule has 2 N–H and O–H groups in total. The first-order chi connectivity index (χ1) is 9.01. The molecule has 0 spiro atoms. The number of aliphatic hydroxyl groups is 1. The van der Waals surface area contributed by atoms with Crippen LogP contribution >= 0.6 is 0 Å². The summed E-state index contributed by atoms with van der Waals surface area (Å²) in [5.41, 5.74) is 1.47. The standard InChI is InChI=1S/C13H21N3O3/c1-10(2)15(7-8-17)9-11-5-4-6-12(16(18)19)13(11)14-3/h4-6,10,14,17H,7-9H2,1-3H3. The van der Waals surface area contributed by atoms with Crippen LogP contribution in [0.1, 0.15) is 19.4 Å². The molecule has 0 saturated heterocycles. The zero-order chi connectivity index (χ0) is 14.4. The second kappa shape index (κ2) is 7.06. The topological polar surface area (TPSA) is 78.6 Å². The Labute approximate surface area is 113 Å². The summed E-state index contributed by atoms with van der Waals surface area (Å²) in [5, 5.41) is 23.0. The molecular weight excluding hydrogens is 246 g/mol. The van der Waals surface area contributed by atoms with E-state index in [0.29, 0.717) is 18.8 Å². The van der Waals surface area contributed by atoms with Gasteiger partial charge in [0.05, 0.1) is 11.5 Å². The van der Waals surface area contributed by atoms with Crippen LogP contribution in [0.4, 0.5) is 11.4 Å². The Kier molecular flexibility index (Phi) is 5.72. The first-order valence-corrected chi connectivity index (χ1v) is 6.30. The van der Waals surface area contributed by atoms with E-state index in [9.17, 15) is 10.1 Å². The van der Waals surface area contributed by atoms with Crippen LogP contribution in [0.3, 0.4) is 0 Å². The van der Waals surface area contributed by atoms with Gasteiger partial charge < -0.3 is 10.4 Å². The van der Waals surface area contributed by atoms with Gasteiger partial charge in [-0.15, -0.1) is 0 Å². The quantitative estimate of drug-likeness (QED) is 0.582. The summed E-state index contributed by atoms with van der Waals surface area (Å²) in [4.78, 5) is 12.7. The van der Waals surface area contributed by atoms with E-state index in [1.807, 2.05) is 19.9 Å². The minimum absolute atomic E-state index is 0.0714. The van der Waals surface area contributed by atoms with Crippen LogP contribution < -0.4 is 5.32 Å². The van der Waals surface area contributed by atoms with E-state index < -0.39 is 0 Å². The zero-order valence-electron chi connectivity index (χ0n) is 11.6. The minimum atomic E-state index is -0.388. The van der Waals surface area contributed by atoms with Gasteiger partial charge >= 0.3 is 0 Å². The van der Waals surface area contributed by atoms with E-state index in [0.717, 1.165) is 5.56 Å². The van der Waals surface area contributed by atoms with Crippen molar-refractivity contribution in [3.63, 3.8) is 0 Å². The lowest BCUT2D eigenvalue weighted by Gasteiger charge is -2.26. The molecule has 0 saturated carbocycles.